The van der Waals surface area contributed by atoms with Gasteiger partial charge in [0.05, 0.1) is 19.7 Å². The smallest absolute Gasteiger partial charge is 0.253 e. The Kier molecular flexibility index (Phi) is 7.13. The second kappa shape index (κ2) is 10.4. The standard InChI is InChI=1S/C25H28Cl2N6O2/c1-35-22-13-16(25(34)32-9-2-3-10-32)4-7-20(22)29-23-14-21-24(31-30-23)28-8-11-33(21)15-17-12-18(26)5-6-19(17)27/h4-7,12-13,21H,2-3,8-11,14-15H2,1H3,(H,28,31)(H,29,30). The zero-order valence-electron chi connectivity index (χ0n) is 19.6. The Hall–Kier alpha value is -2.81. The first-order valence-electron chi connectivity index (χ1n) is 11.8. The minimum absolute atomic E-state index is 0.0285. The Morgan fingerprint density at radius 2 is 1.97 bits per heavy atom. The SMILES string of the molecule is COc1cc(C(=O)N2CCCC2)ccc1N=C1CC2C(=NCCN2Cc2cc(Cl)ccc2Cl)NN1. The first-order valence-corrected chi connectivity index (χ1v) is 12.6. The van der Waals surface area contributed by atoms with Crippen molar-refractivity contribution in [3.63, 3.8) is 0 Å². The molecule has 1 amide bonds. The molecule has 1 atom stereocenters. The molecule has 2 fully saturated rings. The molecule has 0 saturated carbocycles. The van der Waals surface area contributed by atoms with E-state index in [9.17, 15) is 4.79 Å². The fourth-order valence-corrected chi connectivity index (χ4v) is 5.12. The van der Waals surface area contributed by atoms with Gasteiger partial charge in [0, 0.05) is 48.2 Å². The van der Waals surface area contributed by atoms with Crippen molar-refractivity contribution in [2.24, 2.45) is 9.98 Å². The van der Waals surface area contributed by atoms with Gasteiger partial charge < -0.3 is 9.64 Å². The summed E-state index contributed by atoms with van der Waals surface area (Å²) in [7, 11) is 1.60. The number of aliphatic imine (C=N–C) groups is 2. The monoisotopic (exact) mass is 514 g/mol. The molecule has 3 heterocycles. The normalized spacial score (nSPS) is 21.2. The van der Waals surface area contributed by atoms with Crippen LogP contribution in [0.15, 0.2) is 46.4 Å². The molecule has 2 aromatic rings. The number of nitrogens with one attached hydrogen (secondary N) is 2. The largest absolute Gasteiger partial charge is 0.494 e. The third kappa shape index (κ3) is 5.24. The number of methoxy groups -OCH3 is 1. The first kappa shape index (κ1) is 23.9. The summed E-state index contributed by atoms with van der Waals surface area (Å²) in [4.78, 5) is 26.5. The molecule has 8 nitrogen and oxygen atoms in total. The van der Waals surface area contributed by atoms with Gasteiger partial charge in [-0.25, -0.2) is 4.99 Å². The summed E-state index contributed by atoms with van der Waals surface area (Å²) in [6, 6.07) is 11.0. The van der Waals surface area contributed by atoms with E-state index < -0.39 is 0 Å². The Balaban J connectivity index is 1.35. The van der Waals surface area contributed by atoms with E-state index in [2.05, 4.69) is 20.7 Å². The molecule has 3 aliphatic rings. The fourth-order valence-electron chi connectivity index (χ4n) is 4.75. The number of carbonyl (C=O) groups is 1. The van der Waals surface area contributed by atoms with Crippen LogP contribution in [0.5, 0.6) is 5.75 Å². The van der Waals surface area contributed by atoms with Gasteiger partial charge in [-0.1, -0.05) is 23.2 Å². The van der Waals surface area contributed by atoms with Crippen molar-refractivity contribution in [1.29, 1.82) is 0 Å². The van der Waals surface area contributed by atoms with Gasteiger partial charge in [0.2, 0.25) is 0 Å². The number of hydrogen-bond donors (Lipinski definition) is 2. The van der Waals surface area contributed by atoms with E-state index in [1.807, 2.05) is 29.2 Å². The molecule has 2 N–H and O–H groups in total. The van der Waals surface area contributed by atoms with Gasteiger partial charge in [0.15, 0.2) is 0 Å². The van der Waals surface area contributed by atoms with Gasteiger partial charge in [0.1, 0.15) is 23.1 Å². The maximum absolute atomic E-state index is 12.8. The number of carbonyl (C=O) groups excluding carboxylic acids is 1. The van der Waals surface area contributed by atoms with Crippen LogP contribution in [-0.2, 0) is 6.54 Å². The molecule has 10 heteroatoms. The van der Waals surface area contributed by atoms with E-state index >= 15 is 0 Å². The van der Waals surface area contributed by atoms with Crippen molar-refractivity contribution in [3.05, 3.63) is 57.6 Å². The molecule has 0 aromatic heterocycles. The number of benzene rings is 2. The maximum Gasteiger partial charge on any atom is 0.253 e. The second-order valence-electron chi connectivity index (χ2n) is 8.89. The van der Waals surface area contributed by atoms with Crippen molar-refractivity contribution in [2.75, 3.05) is 33.3 Å². The van der Waals surface area contributed by atoms with Crippen molar-refractivity contribution in [1.82, 2.24) is 20.7 Å². The number of likely N-dealkylation sites (tertiary alicyclic amines) is 1. The number of hydrogen-bond acceptors (Lipinski definition) is 6. The molecule has 0 bridgehead atoms. The molecule has 0 aliphatic carbocycles. The Bertz CT molecular complexity index is 1180. The second-order valence-corrected chi connectivity index (χ2v) is 9.73. The molecule has 5 rings (SSSR count). The topological polar surface area (TPSA) is 81.6 Å². The van der Waals surface area contributed by atoms with Crippen molar-refractivity contribution >= 4 is 46.5 Å². The quantitative estimate of drug-likeness (QED) is 0.628. The Labute approximate surface area is 214 Å². The van der Waals surface area contributed by atoms with Crippen LogP contribution < -0.4 is 15.6 Å². The Morgan fingerprint density at radius 3 is 2.77 bits per heavy atom. The van der Waals surface area contributed by atoms with Crippen LogP contribution in [0.4, 0.5) is 5.69 Å². The van der Waals surface area contributed by atoms with Gasteiger partial charge in [0.25, 0.3) is 5.91 Å². The lowest BCUT2D eigenvalue weighted by atomic mass is 10.0. The van der Waals surface area contributed by atoms with Crippen molar-refractivity contribution < 1.29 is 9.53 Å². The predicted octanol–water partition coefficient (Wildman–Crippen LogP) is 4.05. The van der Waals surface area contributed by atoms with Crippen LogP contribution in [0.1, 0.15) is 35.2 Å². The summed E-state index contributed by atoms with van der Waals surface area (Å²) >= 11 is 12.6. The maximum atomic E-state index is 12.8. The highest BCUT2D eigenvalue weighted by atomic mass is 35.5. The number of ether oxygens (including phenoxy) is 1. The van der Waals surface area contributed by atoms with E-state index in [0.717, 1.165) is 49.7 Å². The third-order valence-corrected chi connectivity index (χ3v) is 7.21. The van der Waals surface area contributed by atoms with Gasteiger partial charge in [-0.2, -0.15) is 0 Å². The molecule has 0 radical (unpaired) electrons. The van der Waals surface area contributed by atoms with E-state index in [1.54, 1.807) is 19.2 Å². The number of nitrogens with zero attached hydrogens (tertiary/aromatic N) is 4. The van der Waals surface area contributed by atoms with E-state index in [-0.39, 0.29) is 11.9 Å². The fraction of sp³-hybridized carbons (Fsp3) is 0.400. The lowest BCUT2D eigenvalue weighted by Crippen LogP contribution is -2.61. The van der Waals surface area contributed by atoms with E-state index in [1.165, 1.54) is 0 Å². The molecule has 0 spiro atoms. The summed E-state index contributed by atoms with van der Waals surface area (Å²) in [5, 5.41) is 1.36. The number of halogens is 2. The predicted molar refractivity (Wildman–Crippen MR) is 139 cm³/mol. The molecular formula is C25H28Cl2N6O2. The molecule has 1 unspecified atom stereocenters. The number of fused-ring (bicyclic) bond motifs is 1. The van der Waals surface area contributed by atoms with Gasteiger partial charge >= 0.3 is 0 Å². The highest BCUT2D eigenvalue weighted by molar-refractivity contribution is 6.33. The summed E-state index contributed by atoms with van der Waals surface area (Å²) in [6.07, 6.45) is 2.75. The van der Waals surface area contributed by atoms with Gasteiger partial charge in [-0.3, -0.25) is 25.5 Å². The summed E-state index contributed by atoms with van der Waals surface area (Å²) in [5.41, 5.74) is 8.64. The van der Waals surface area contributed by atoms with Crippen LogP contribution in [-0.4, -0.2) is 66.7 Å². The zero-order valence-corrected chi connectivity index (χ0v) is 21.1. The number of amides is 1. The van der Waals surface area contributed by atoms with Crippen molar-refractivity contribution in [3.8, 4) is 5.75 Å². The lowest BCUT2D eigenvalue weighted by molar-refractivity contribution is 0.0792. The van der Waals surface area contributed by atoms with Crippen LogP contribution in [0.3, 0.4) is 0 Å². The van der Waals surface area contributed by atoms with E-state index in [4.69, 9.17) is 32.9 Å². The Morgan fingerprint density at radius 1 is 1.14 bits per heavy atom. The number of rotatable bonds is 5. The van der Waals surface area contributed by atoms with Gasteiger partial charge in [-0.15, -0.1) is 0 Å². The molecule has 184 valence electrons. The summed E-state index contributed by atoms with van der Waals surface area (Å²) in [5.74, 6) is 2.24. The summed E-state index contributed by atoms with van der Waals surface area (Å²) < 4.78 is 5.58. The van der Waals surface area contributed by atoms with E-state index in [0.29, 0.717) is 46.6 Å². The minimum Gasteiger partial charge on any atom is -0.494 e. The molecular weight excluding hydrogens is 487 g/mol. The molecule has 2 saturated heterocycles. The highest BCUT2D eigenvalue weighted by Crippen LogP contribution is 2.31. The van der Waals surface area contributed by atoms with Crippen LogP contribution in [0.2, 0.25) is 10.0 Å². The van der Waals surface area contributed by atoms with Crippen molar-refractivity contribution in [2.45, 2.75) is 31.8 Å². The average Bonchev–Trinajstić information content (AvgIpc) is 3.41. The summed E-state index contributed by atoms with van der Waals surface area (Å²) in [6.45, 7) is 3.79. The molecule has 35 heavy (non-hydrogen) atoms. The number of hydrazine groups is 1. The van der Waals surface area contributed by atoms with Gasteiger partial charge in [-0.05, 0) is 54.8 Å². The van der Waals surface area contributed by atoms with Crippen LogP contribution >= 0.6 is 23.2 Å². The zero-order chi connectivity index (χ0) is 24.4. The molecule has 2 aromatic carbocycles. The third-order valence-electron chi connectivity index (χ3n) is 6.60. The highest BCUT2D eigenvalue weighted by Gasteiger charge is 2.32. The minimum atomic E-state index is 0.0285. The number of amidine groups is 2. The molecule has 3 aliphatic heterocycles. The first-order chi connectivity index (χ1) is 17.0. The van der Waals surface area contributed by atoms with Crippen LogP contribution in [0.25, 0.3) is 0 Å². The lowest BCUT2D eigenvalue weighted by Gasteiger charge is -2.39. The van der Waals surface area contributed by atoms with Crippen LogP contribution in [0, 0.1) is 0 Å². The average molecular weight is 515 g/mol.